The predicted molar refractivity (Wildman–Crippen MR) is 87.0 cm³/mol. The molecule has 2 N–H and O–H groups in total. The minimum absolute atomic E-state index is 0.192. The molecule has 1 aromatic rings. The van der Waals surface area contributed by atoms with Gasteiger partial charge in [0.1, 0.15) is 0 Å². The fourth-order valence-electron chi connectivity index (χ4n) is 2.49. The van der Waals surface area contributed by atoms with E-state index < -0.39 is 0 Å². The summed E-state index contributed by atoms with van der Waals surface area (Å²) in [6.07, 6.45) is 10.2. The summed E-state index contributed by atoms with van der Waals surface area (Å²) >= 11 is 0. The third kappa shape index (κ3) is 8.34. The lowest BCUT2D eigenvalue weighted by molar-refractivity contribution is 0.241. The number of rotatable bonds is 12. The third-order valence-electron chi connectivity index (χ3n) is 3.76. The third-order valence-corrected chi connectivity index (χ3v) is 3.76. The van der Waals surface area contributed by atoms with Crippen LogP contribution in [0.4, 0.5) is 0 Å². The van der Waals surface area contributed by atoms with Gasteiger partial charge in [0.2, 0.25) is 0 Å². The summed E-state index contributed by atoms with van der Waals surface area (Å²) < 4.78 is 0. The summed E-state index contributed by atoms with van der Waals surface area (Å²) in [5, 5.41) is 12.9. The standard InChI is InChI=1S/C18H31NO/c1-2-3-4-5-6-7-11-14-19-18(16-20)15-17-12-9-8-10-13-17/h8-10,12-13,18-20H,2-7,11,14-16H2,1H3. The van der Waals surface area contributed by atoms with Crippen molar-refractivity contribution in [2.45, 2.75) is 64.3 Å². The van der Waals surface area contributed by atoms with E-state index >= 15 is 0 Å². The molecule has 0 radical (unpaired) electrons. The fraction of sp³-hybridized carbons (Fsp3) is 0.667. The number of nitrogens with one attached hydrogen (secondary N) is 1. The quantitative estimate of drug-likeness (QED) is 0.567. The molecule has 0 amide bonds. The second-order valence-electron chi connectivity index (χ2n) is 5.64. The summed E-state index contributed by atoms with van der Waals surface area (Å²) in [6, 6.07) is 10.6. The van der Waals surface area contributed by atoms with E-state index in [0.717, 1.165) is 13.0 Å². The lowest BCUT2D eigenvalue weighted by Crippen LogP contribution is -2.35. The number of hydrogen-bond donors (Lipinski definition) is 2. The lowest BCUT2D eigenvalue weighted by atomic mass is 10.1. The first-order valence-electron chi connectivity index (χ1n) is 8.25. The van der Waals surface area contributed by atoms with Crippen LogP contribution in [0.25, 0.3) is 0 Å². The molecule has 0 saturated carbocycles. The normalized spacial score (nSPS) is 12.5. The van der Waals surface area contributed by atoms with Crippen LogP contribution in [0.2, 0.25) is 0 Å². The van der Waals surface area contributed by atoms with Gasteiger partial charge in [-0.15, -0.1) is 0 Å². The molecule has 0 fully saturated rings. The van der Waals surface area contributed by atoms with E-state index in [-0.39, 0.29) is 12.6 Å². The molecule has 0 aliphatic carbocycles. The van der Waals surface area contributed by atoms with E-state index in [9.17, 15) is 5.11 Å². The summed E-state index contributed by atoms with van der Waals surface area (Å²) in [4.78, 5) is 0. The van der Waals surface area contributed by atoms with Crippen LogP contribution in [0.5, 0.6) is 0 Å². The van der Waals surface area contributed by atoms with Crippen LogP contribution in [0.15, 0.2) is 30.3 Å². The molecule has 1 rings (SSSR count). The van der Waals surface area contributed by atoms with E-state index in [0.29, 0.717) is 0 Å². The van der Waals surface area contributed by atoms with Gasteiger partial charge in [0.15, 0.2) is 0 Å². The van der Waals surface area contributed by atoms with Gasteiger partial charge in [-0.05, 0) is 24.9 Å². The Balaban J connectivity index is 2.04. The first kappa shape index (κ1) is 17.2. The Kier molecular flexibility index (Phi) is 10.3. The Morgan fingerprint density at radius 2 is 1.60 bits per heavy atom. The molecular weight excluding hydrogens is 246 g/mol. The van der Waals surface area contributed by atoms with Gasteiger partial charge in [-0.1, -0.05) is 75.8 Å². The summed E-state index contributed by atoms with van der Waals surface area (Å²) in [7, 11) is 0. The van der Waals surface area contributed by atoms with Gasteiger partial charge in [0.25, 0.3) is 0 Å². The fourth-order valence-corrected chi connectivity index (χ4v) is 2.49. The maximum absolute atomic E-state index is 9.42. The Hall–Kier alpha value is -0.860. The first-order chi connectivity index (χ1) is 9.86. The highest BCUT2D eigenvalue weighted by Crippen LogP contribution is 2.07. The minimum atomic E-state index is 0.192. The van der Waals surface area contributed by atoms with E-state index in [1.165, 1.54) is 50.5 Å². The van der Waals surface area contributed by atoms with Crippen LogP contribution in [-0.2, 0) is 6.42 Å². The van der Waals surface area contributed by atoms with E-state index in [4.69, 9.17) is 0 Å². The molecule has 1 atom stereocenters. The molecular formula is C18H31NO. The SMILES string of the molecule is CCCCCCCCCNC(CO)Cc1ccccc1. The number of hydrogen-bond acceptors (Lipinski definition) is 2. The van der Waals surface area contributed by atoms with Crippen LogP contribution >= 0.6 is 0 Å². The summed E-state index contributed by atoms with van der Waals surface area (Å²) in [6.45, 7) is 3.49. The highest BCUT2D eigenvalue weighted by Gasteiger charge is 2.06. The molecule has 0 aromatic heterocycles. The highest BCUT2D eigenvalue weighted by atomic mass is 16.3. The van der Waals surface area contributed by atoms with Gasteiger partial charge in [0.05, 0.1) is 6.61 Å². The molecule has 2 nitrogen and oxygen atoms in total. The largest absolute Gasteiger partial charge is 0.395 e. The zero-order valence-electron chi connectivity index (χ0n) is 13.0. The molecule has 20 heavy (non-hydrogen) atoms. The van der Waals surface area contributed by atoms with Crippen molar-refractivity contribution >= 4 is 0 Å². The number of aliphatic hydroxyl groups excluding tert-OH is 1. The number of benzene rings is 1. The number of unbranched alkanes of at least 4 members (excludes halogenated alkanes) is 6. The van der Waals surface area contributed by atoms with Gasteiger partial charge in [-0.3, -0.25) is 0 Å². The molecule has 1 unspecified atom stereocenters. The van der Waals surface area contributed by atoms with Crippen molar-refractivity contribution in [2.24, 2.45) is 0 Å². The van der Waals surface area contributed by atoms with Gasteiger partial charge < -0.3 is 10.4 Å². The van der Waals surface area contributed by atoms with E-state index in [2.05, 4.69) is 36.5 Å². The minimum Gasteiger partial charge on any atom is -0.395 e. The molecule has 0 heterocycles. The highest BCUT2D eigenvalue weighted by molar-refractivity contribution is 5.15. The van der Waals surface area contributed by atoms with Gasteiger partial charge in [-0.25, -0.2) is 0 Å². The van der Waals surface area contributed by atoms with Crippen LogP contribution in [0.3, 0.4) is 0 Å². The van der Waals surface area contributed by atoms with Crippen LogP contribution in [-0.4, -0.2) is 24.3 Å². The van der Waals surface area contributed by atoms with E-state index in [1.54, 1.807) is 0 Å². The van der Waals surface area contributed by atoms with Crippen LogP contribution in [0, 0.1) is 0 Å². The van der Waals surface area contributed by atoms with Crippen molar-refractivity contribution in [2.75, 3.05) is 13.2 Å². The van der Waals surface area contributed by atoms with Crippen molar-refractivity contribution in [3.8, 4) is 0 Å². The predicted octanol–water partition coefficient (Wildman–Crippen LogP) is 3.93. The first-order valence-corrected chi connectivity index (χ1v) is 8.25. The van der Waals surface area contributed by atoms with Crippen molar-refractivity contribution in [1.82, 2.24) is 5.32 Å². The number of aliphatic hydroxyl groups is 1. The Morgan fingerprint density at radius 1 is 0.950 bits per heavy atom. The van der Waals surface area contributed by atoms with Gasteiger partial charge in [-0.2, -0.15) is 0 Å². The molecule has 0 bridgehead atoms. The van der Waals surface area contributed by atoms with E-state index in [1.807, 2.05) is 6.07 Å². The monoisotopic (exact) mass is 277 g/mol. The summed E-state index contributed by atoms with van der Waals surface area (Å²) in [5.41, 5.74) is 1.29. The van der Waals surface area contributed by atoms with Crippen LogP contribution < -0.4 is 5.32 Å². The lowest BCUT2D eigenvalue weighted by Gasteiger charge is -2.16. The zero-order valence-corrected chi connectivity index (χ0v) is 13.0. The molecule has 0 saturated heterocycles. The van der Waals surface area contributed by atoms with Crippen molar-refractivity contribution < 1.29 is 5.11 Å². The Labute approximate surface area is 124 Å². The molecule has 2 heteroatoms. The zero-order chi connectivity index (χ0) is 14.5. The van der Waals surface area contributed by atoms with Gasteiger partial charge >= 0.3 is 0 Å². The smallest absolute Gasteiger partial charge is 0.0587 e. The van der Waals surface area contributed by atoms with Crippen molar-refractivity contribution in [1.29, 1.82) is 0 Å². The second-order valence-corrected chi connectivity index (χ2v) is 5.64. The average molecular weight is 277 g/mol. The van der Waals surface area contributed by atoms with Crippen molar-refractivity contribution in [3.63, 3.8) is 0 Å². The molecule has 1 aromatic carbocycles. The van der Waals surface area contributed by atoms with Crippen LogP contribution in [0.1, 0.15) is 57.4 Å². The van der Waals surface area contributed by atoms with Gasteiger partial charge in [0, 0.05) is 6.04 Å². The molecule has 0 aliphatic rings. The average Bonchev–Trinajstić information content (AvgIpc) is 2.49. The topological polar surface area (TPSA) is 32.3 Å². The maximum atomic E-state index is 9.42. The molecule has 0 spiro atoms. The second kappa shape index (κ2) is 11.9. The maximum Gasteiger partial charge on any atom is 0.0587 e. The summed E-state index contributed by atoms with van der Waals surface area (Å²) in [5.74, 6) is 0. The molecule has 0 aliphatic heterocycles. The van der Waals surface area contributed by atoms with Crippen molar-refractivity contribution in [3.05, 3.63) is 35.9 Å². The Bertz CT molecular complexity index is 312. The Morgan fingerprint density at radius 3 is 2.25 bits per heavy atom. The molecule has 114 valence electrons.